The highest BCUT2D eigenvalue weighted by Gasteiger charge is 1.94. The molecule has 0 bridgehead atoms. The number of nitriles is 1. The van der Waals surface area contributed by atoms with E-state index in [0.29, 0.717) is 12.5 Å². The van der Waals surface area contributed by atoms with Crippen molar-refractivity contribution >= 4 is 0 Å². The number of ether oxygens (including phenoxy) is 1. The van der Waals surface area contributed by atoms with E-state index in [1.165, 1.54) is 0 Å². The molecule has 0 aromatic heterocycles. The van der Waals surface area contributed by atoms with E-state index in [0.717, 1.165) is 26.1 Å². The molecule has 0 aliphatic heterocycles. The Balaban J connectivity index is 2.87. The Morgan fingerprint density at radius 1 is 1.42 bits per heavy atom. The Morgan fingerprint density at radius 3 is 2.75 bits per heavy atom. The standard InChI is InChI=1S/C9H18N2O/c1-9(2)12-8-4-7-11-6-3-5-10/h9,11H,3-4,6-8H2,1-2H3/p+1. The number of nitrogens with zero attached hydrogens (tertiary/aromatic N) is 1. The summed E-state index contributed by atoms with van der Waals surface area (Å²) in [5, 5.41) is 10.4. The summed E-state index contributed by atoms with van der Waals surface area (Å²) in [7, 11) is 0. The highest BCUT2D eigenvalue weighted by Crippen LogP contribution is 1.87. The molecule has 0 heterocycles. The Morgan fingerprint density at radius 2 is 2.17 bits per heavy atom. The molecular weight excluding hydrogens is 152 g/mol. The van der Waals surface area contributed by atoms with Crippen molar-refractivity contribution < 1.29 is 10.1 Å². The molecule has 0 amide bonds. The van der Waals surface area contributed by atoms with Gasteiger partial charge in [-0.2, -0.15) is 5.26 Å². The van der Waals surface area contributed by atoms with Crippen LogP contribution in [0.25, 0.3) is 0 Å². The normalized spacial score (nSPS) is 10.2. The number of hydrogen-bond donors (Lipinski definition) is 1. The lowest BCUT2D eigenvalue weighted by molar-refractivity contribution is -0.654. The fraction of sp³-hybridized carbons (Fsp3) is 0.889. The van der Waals surface area contributed by atoms with Crippen LogP contribution in [0.3, 0.4) is 0 Å². The topological polar surface area (TPSA) is 49.6 Å². The lowest BCUT2D eigenvalue weighted by Gasteiger charge is -2.05. The van der Waals surface area contributed by atoms with E-state index >= 15 is 0 Å². The van der Waals surface area contributed by atoms with Gasteiger partial charge < -0.3 is 10.1 Å². The SMILES string of the molecule is CC(C)OCCC[NH2+]CCC#N. The van der Waals surface area contributed by atoms with E-state index < -0.39 is 0 Å². The molecule has 0 aromatic rings. The molecule has 0 radical (unpaired) electrons. The zero-order valence-electron chi connectivity index (χ0n) is 8.05. The van der Waals surface area contributed by atoms with Crippen LogP contribution in [0.1, 0.15) is 26.7 Å². The van der Waals surface area contributed by atoms with Crippen LogP contribution in [0, 0.1) is 11.3 Å². The van der Waals surface area contributed by atoms with Crippen LogP contribution in [-0.4, -0.2) is 25.8 Å². The first kappa shape index (κ1) is 11.4. The van der Waals surface area contributed by atoms with Gasteiger partial charge in [-0.1, -0.05) is 0 Å². The molecule has 0 unspecified atom stereocenters. The first-order valence-corrected chi connectivity index (χ1v) is 4.57. The van der Waals surface area contributed by atoms with E-state index in [1.54, 1.807) is 0 Å². The average molecular weight is 171 g/mol. The highest BCUT2D eigenvalue weighted by atomic mass is 16.5. The van der Waals surface area contributed by atoms with Gasteiger partial charge in [0.15, 0.2) is 0 Å². The molecule has 0 atom stereocenters. The maximum Gasteiger partial charge on any atom is 0.0887 e. The van der Waals surface area contributed by atoms with Gasteiger partial charge in [0, 0.05) is 6.42 Å². The van der Waals surface area contributed by atoms with Crippen LogP contribution < -0.4 is 5.32 Å². The predicted molar refractivity (Wildman–Crippen MR) is 47.6 cm³/mol. The number of rotatable bonds is 7. The molecule has 0 saturated carbocycles. The van der Waals surface area contributed by atoms with Gasteiger partial charge in [0.1, 0.15) is 0 Å². The average Bonchev–Trinajstić information content (AvgIpc) is 2.02. The number of nitrogens with two attached hydrogens (primary N) is 1. The largest absolute Gasteiger partial charge is 0.379 e. The van der Waals surface area contributed by atoms with Gasteiger partial charge in [-0.05, 0) is 13.8 Å². The molecule has 70 valence electrons. The van der Waals surface area contributed by atoms with Crippen LogP contribution >= 0.6 is 0 Å². The quantitative estimate of drug-likeness (QED) is 0.559. The molecule has 3 heteroatoms. The third-order valence-corrected chi connectivity index (χ3v) is 1.46. The molecule has 0 aromatic carbocycles. The van der Waals surface area contributed by atoms with Crippen molar-refractivity contribution in [2.45, 2.75) is 32.8 Å². The highest BCUT2D eigenvalue weighted by molar-refractivity contribution is 4.65. The summed E-state index contributed by atoms with van der Waals surface area (Å²) in [6, 6.07) is 2.11. The van der Waals surface area contributed by atoms with Crippen molar-refractivity contribution in [3.05, 3.63) is 0 Å². The molecular formula is C9H19N2O+. The predicted octanol–water partition coefficient (Wildman–Crippen LogP) is 0.279. The van der Waals surface area contributed by atoms with Crippen LogP contribution in [-0.2, 0) is 4.74 Å². The van der Waals surface area contributed by atoms with Crippen LogP contribution in [0.5, 0.6) is 0 Å². The third kappa shape index (κ3) is 9.41. The van der Waals surface area contributed by atoms with Crippen LogP contribution in [0.15, 0.2) is 0 Å². The van der Waals surface area contributed by atoms with Crippen molar-refractivity contribution in [1.29, 1.82) is 5.26 Å². The van der Waals surface area contributed by atoms with Crippen molar-refractivity contribution in [2.24, 2.45) is 0 Å². The summed E-state index contributed by atoms with van der Waals surface area (Å²) >= 11 is 0. The van der Waals surface area contributed by atoms with E-state index in [9.17, 15) is 0 Å². The molecule has 0 rings (SSSR count). The second-order valence-electron chi connectivity index (χ2n) is 3.05. The first-order valence-electron chi connectivity index (χ1n) is 4.57. The van der Waals surface area contributed by atoms with Crippen molar-refractivity contribution in [1.82, 2.24) is 0 Å². The first-order chi connectivity index (χ1) is 5.77. The summed E-state index contributed by atoms with van der Waals surface area (Å²) < 4.78 is 5.36. The lowest BCUT2D eigenvalue weighted by atomic mass is 10.4. The lowest BCUT2D eigenvalue weighted by Crippen LogP contribution is -2.84. The maximum absolute atomic E-state index is 8.25. The third-order valence-electron chi connectivity index (χ3n) is 1.46. The van der Waals surface area contributed by atoms with Gasteiger partial charge in [-0.3, -0.25) is 0 Å². The van der Waals surface area contributed by atoms with E-state index in [-0.39, 0.29) is 0 Å². The Hall–Kier alpha value is -0.590. The van der Waals surface area contributed by atoms with Gasteiger partial charge in [-0.25, -0.2) is 0 Å². The molecule has 0 saturated heterocycles. The molecule has 2 N–H and O–H groups in total. The van der Waals surface area contributed by atoms with Gasteiger partial charge in [-0.15, -0.1) is 0 Å². The zero-order valence-corrected chi connectivity index (χ0v) is 8.05. The van der Waals surface area contributed by atoms with Crippen LogP contribution in [0.2, 0.25) is 0 Å². The van der Waals surface area contributed by atoms with Gasteiger partial charge in [0.05, 0.1) is 38.3 Å². The molecule has 0 fully saturated rings. The fourth-order valence-corrected chi connectivity index (χ4v) is 0.858. The second kappa shape index (κ2) is 8.51. The van der Waals surface area contributed by atoms with Gasteiger partial charge >= 0.3 is 0 Å². The van der Waals surface area contributed by atoms with E-state index in [4.69, 9.17) is 10.00 Å². The zero-order chi connectivity index (χ0) is 9.23. The summed E-state index contributed by atoms with van der Waals surface area (Å²) in [5.74, 6) is 0. The Kier molecular flexibility index (Phi) is 8.09. The number of hydrogen-bond acceptors (Lipinski definition) is 2. The van der Waals surface area contributed by atoms with Crippen LogP contribution in [0.4, 0.5) is 0 Å². The van der Waals surface area contributed by atoms with Crippen molar-refractivity contribution in [3.8, 4) is 6.07 Å². The van der Waals surface area contributed by atoms with Gasteiger partial charge in [0.25, 0.3) is 0 Å². The monoisotopic (exact) mass is 171 g/mol. The molecule has 0 aliphatic carbocycles. The van der Waals surface area contributed by atoms with E-state index in [1.807, 2.05) is 13.8 Å². The van der Waals surface area contributed by atoms with Crippen molar-refractivity contribution in [2.75, 3.05) is 19.7 Å². The summed E-state index contributed by atoms with van der Waals surface area (Å²) in [4.78, 5) is 0. The minimum absolute atomic E-state index is 0.337. The molecule has 3 nitrogen and oxygen atoms in total. The Bertz CT molecular complexity index is 129. The van der Waals surface area contributed by atoms with E-state index in [2.05, 4.69) is 11.4 Å². The molecule has 0 spiro atoms. The van der Waals surface area contributed by atoms with Crippen molar-refractivity contribution in [3.63, 3.8) is 0 Å². The molecule has 0 aliphatic rings. The van der Waals surface area contributed by atoms with Gasteiger partial charge in [0.2, 0.25) is 0 Å². The summed E-state index contributed by atoms with van der Waals surface area (Å²) in [5.41, 5.74) is 0. The summed E-state index contributed by atoms with van der Waals surface area (Å²) in [6.07, 6.45) is 2.05. The second-order valence-corrected chi connectivity index (χ2v) is 3.05. The minimum Gasteiger partial charge on any atom is -0.379 e. The Labute approximate surface area is 74.7 Å². The smallest absolute Gasteiger partial charge is 0.0887 e. The summed E-state index contributed by atoms with van der Waals surface area (Å²) in [6.45, 7) is 6.89. The number of quaternary nitrogens is 1. The molecule has 12 heavy (non-hydrogen) atoms. The maximum atomic E-state index is 8.25. The fourth-order valence-electron chi connectivity index (χ4n) is 0.858. The minimum atomic E-state index is 0.337.